The summed E-state index contributed by atoms with van der Waals surface area (Å²) in [7, 11) is 1.66. The lowest BCUT2D eigenvalue weighted by atomic mass is 10.1. The lowest BCUT2D eigenvalue weighted by Gasteiger charge is -2.11. The van der Waals surface area contributed by atoms with Crippen molar-refractivity contribution in [3.8, 4) is 22.8 Å². The van der Waals surface area contributed by atoms with Crippen LogP contribution in [0.3, 0.4) is 0 Å². The molecule has 0 aliphatic rings. The van der Waals surface area contributed by atoms with Gasteiger partial charge in [0.2, 0.25) is 0 Å². The predicted molar refractivity (Wildman–Crippen MR) is 117 cm³/mol. The molecule has 1 aromatic heterocycles. The molecule has 3 aromatic rings. The minimum absolute atomic E-state index is 0.189. The Morgan fingerprint density at radius 2 is 1.79 bits per heavy atom. The highest BCUT2D eigenvalue weighted by Crippen LogP contribution is 2.38. The number of aryl methyl sites for hydroxylation is 1. The molecule has 29 heavy (non-hydrogen) atoms. The third-order valence-corrected chi connectivity index (χ3v) is 4.75. The number of hydrogen-bond acceptors (Lipinski definition) is 4. The molecule has 7 heteroatoms. The van der Waals surface area contributed by atoms with Crippen LogP contribution in [0.5, 0.6) is 11.5 Å². The molecule has 4 N–H and O–H groups in total. The molecular weight excluding hydrogens is 368 g/mol. The van der Waals surface area contributed by atoms with Gasteiger partial charge in [0, 0.05) is 30.1 Å². The zero-order chi connectivity index (χ0) is 20.8. The Hall–Kier alpha value is -3.35. The largest absolute Gasteiger partial charge is 0.497 e. The van der Waals surface area contributed by atoms with Crippen molar-refractivity contribution in [2.75, 3.05) is 32.5 Å². The summed E-state index contributed by atoms with van der Waals surface area (Å²) in [6, 6.07) is 13.6. The summed E-state index contributed by atoms with van der Waals surface area (Å²) in [4.78, 5) is 11.4. The first-order chi connectivity index (χ1) is 14.1. The normalized spacial score (nSPS) is 10.7. The fourth-order valence-corrected chi connectivity index (χ4v) is 3.39. The molecule has 0 bridgehead atoms. The number of benzene rings is 2. The quantitative estimate of drug-likeness (QED) is 0.507. The highest BCUT2D eigenvalue weighted by molar-refractivity contribution is 6.01. The molecule has 0 atom stereocenters. The molecule has 0 radical (unpaired) electrons. The van der Waals surface area contributed by atoms with E-state index in [1.165, 1.54) is 0 Å². The molecule has 3 rings (SSSR count). The van der Waals surface area contributed by atoms with Crippen LogP contribution in [0.15, 0.2) is 42.5 Å². The second-order valence-corrected chi connectivity index (χ2v) is 6.55. The van der Waals surface area contributed by atoms with Gasteiger partial charge in [-0.05, 0) is 50.2 Å². The van der Waals surface area contributed by atoms with Gasteiger partial charge in [-0.25, -0.2) is 4.79 Å². The molecule has 0 aliphatic carbocycles. The van der Waals surface area contributed by atoms with Crippen molar-refractivity contribution in [3.63, 3.8) is 0 Å². The van der Waals surface area contributed by atoms with Gasteiger partial charge in [0.05, 0.1) is 30.6 Å². The minimum Gasteiger partial charge on any atom is -0.497 e. The van der Waals surface area contributed by atoms with Crippen molar-refractivity contribution in [3.05, 3.63) is 42.5 Å². The first-order valence-corrected chi connectivity index (χ1v) is 9.79. The van der Waals surface area contributed by atoms with Crippen molar-refractivity contribution in [1.82, 2.24) is 15.2 Å². The maximum absolute atomic E-state index is 11.4. The maximum atomic E-state index is 11.4. The van der Waals surface area contributed by atoms with Crippen molar-refractivity contribution >= 4 is 22.6 Å². The summed E-state index contributed by atoms with van der Waals surface area (Å²) in [5.74, 6) is 1.55. The summed E-state index contributed by atoms with van der Waals surface area (Å²) >= 11 is 0. The third-order valence-electron chi connectivity index (χ3n) is 4.75. The molecule has 2 aromatic carbocycles. The van der Waals surface area contributed by atoms with Crippen LogP contribution in [-0.2, 0) is 6.54 Å². The molecule has 0 spiro atoms. The predicted octanol–water partition coefficient (Wildman–Crippen LogP) is 3.62. The molecular formula is C22H28N4O3. The van der Waals surface area contributed by atoms with Crippen LogP contribution in [-0.4, -0.2) is 37.4 Å². The SMILES string of the molecule is CCNC(=O)NCCOc1ccc(-c2c(N)c3ccc(OC)cc3n2CC)cc1. The number of nitrogens with two attached hydrogens (primary N) is 1. The van der Waals surface area contributed by atoms with Crippen molar-refractivity contribution < 1.29 is 14.3 Å². The van der Waals surface area contributed by atoms with Crippen molar-refractivity contribution in [1.29, 1.82) is 0 Å². The van der Waals surface area contributed by atoms with Gasteiger partial charge in [0.25, 0.3) is 0 Å². The standard InChI is InChI=1S/C22H28N4O3/c1-4-24-22(27)25-12-13-29-16-8-6-15(7-9-16)21-20(23)18-11-10-17(28-3)14-19(18)26(21)5-2/h6-11,14H,4-5,12-13,23H2,1-3H3,(H2,24,25,27). The number of fused-ring (bicyclic) bond motifs is 1. The first kappa shape index (κ1) is 20.4. The number of nitrogens with zero attached hydrogens (tertiary/aromatic N) is 1. The number of carbonyl (C=O) groups is 1. The van der Waals surface area contributed by atoms with E-state index in [0.717, 1.165) is 45.9 Å². The van der Waals surface area contributed by atoms with Gasteiger partial charge in [-0.15, -0.1) is 0 Å². The van der Waals surface area contributed by atoms with E-state index in [9.17, 15) is 4.79 Å². The summed E-state index contributed by atoms with van der Waals surface area (Å²) in [5.41, 5.74) is 10.3. The van der Waals surface area contributed by atoms with Crippen molar-refractivity contribution in [2.45, 2.75) is 20.4 Å². The van der Waals surface area contributed by atoms with Gasteiger partial charge in [-0.3, -0.25) is 0 Å². The number of carbonyl (C=O) groups excluding carboxylic acids is 1. The van der Waals surface area contributed by atoms with Gasteiger partial charge in [0.1, 0.15) is 18.1 Å². The van der Waals surface area contributed by atoms with E-state index in [1.807, 2.05) is 49.4 Å². The summed E-state index contributed by atoms with van der Waals surface area (Å²) in [6.07, 6.45) is 0. The summed E-state index contributed by atoms with van der Waals surface area (Å²) < 4.78 is 13.3. The van der Waals surface area contributed by atoms with Crippen LogP contribution < -0.4 is 25.8 Å². The number of ether oxygens (including phenoxy) is 2. The van der Waals surface area contributed by atoms with Crippen LogP contribution in [0.4, 0.5) is 10.5 Å². The molecule has 0 unspecified atom stereocenters. The van der Waals surface area contributed by atoms with Gasteiger partial charge in [0.15, 0.2) is 0 Å². The van der Waals surface area contributed by atoms with Gasteiger partial charge in [-0.1, -0.05) is 0 Å². The Morgan fingerprint density at radius 1 is 1.07 bits per heavy atom. The topological polar surface area (TPSA) is 90.5 Å². The van der Waals surface area contributed by atoms with Gasteiger partial charge >= 0.3 is 6.03 Å². The number of aromatic nitrogens is 1. The molecule has 0 saturated heterocycles. The molecule has 0 saturated carbocycles. The van der Waals surface area contributed by atoms with Crippen LogP contribution in [0.2, 0.25) is 0 Å². The van der Waals surface area contributed by atoms with Crippen molar-refractivity contribution in [2.24, 2.45) is 0 Å². The monoisotopic (exact) mass is 396 g/mol. The number of rotatable bonds is 8. The van der Waals surface area contributed by atoms with Crippen LogP contribution in [0.1, 0.15) is 13.8 Å². The molecule has 0 fully saturated rings. The number of hydrogen-bond donors (Lipinski definition) is 3. The highest BCUT2D eigenvalue weighted by Gasteiger charge is 2.16. The molecule has 154 valence electrons. The molecule has 0 aliphatic heterocycles. The Bertz CT molecular complexity index is 980. The Morgan fingerprint density at radius 3 is 2.45 bits per heavy atom. The van der Waals surface area contributed by atoms with Crippen LogP contribution in [0, 0.1) is 0 Å². The average Bonchev–Trinajstić information content (AvgIpc) is 3.03. The Balaban J connectivity index is 1.76. The van der Waals surface area contributed by atoms with E-state index in [0.29, 0.717) is 19.7 Å². The number of nitrogens with one attached hydrogen (secondary N) is 2. The number of urea groups is 1. The number of nitrogen functional groups attached to an aromatic ring is 1. The maximum Gasteiger partial charge on any atom is 0.314 e. The summed E-state index contributed by atoms with van der Waals surface area (Å²) in [6.45, 7) is 6.19. The van der Waals surface area contributed by atoms with E-state index >= 15 is 0 Å². The Kier molecular flexibility index (Phi) is 6.49. The van der Waals surface area contributed by atoms with Gasteiger partial charge < -0.3 is 30.4 Å². The second kappa shape index (κ2) is 9.23. The van der Waals surface area contributed by atoms with E-state index < -0.39 is 0 Å². The van der Waals surface area contributed by atoms with E-state index in [2.05, 4.69) is 22.1 Å². The molecule has 1 heterocycles. The molecule has 2 amide bonds. The zero-order valence-electron chi connectivity index (χ0n) is 17.1. The molecule has 7 nitrogen and oxygen atoms in total. The number of anilines is 1. The fraction of sp³-hybridized carbons (Fsp3) is 0.318. The Labute approximate surface area is 170 Å². The zero-order valence-corrected chi connectivity index (χ0v) is 17.1. The van der Waals surface area contributed by atoms with Crippen LogP contribution in [0.25, 0.3) is 22.2 Å². The number of amides is 2. The second-order valence-electron chi connectivity index (χ2n) is 6.55. The first-order valence-electron chi connectivity index (χ1n) is 9.79. The third kappa shape index (κ3) is 4.39. The van der Waals surface area contributed by atoms with E-state index in [4.69, 9.17) is 15.2 Å². The van der Waals surface area contributed by atoms with Gasteiger partial charge in [-0.2, -0.15) is 0 Å². The van der Waals surface area contributed by atoms with Crippen LogP contribution >= 0.6 is 0 Å². The van der Waals surface area contributed by atoms with E-state index in [1.54, 1.807) is 7.11 Å². The minimum atomic E-state index is -0.189. The smallest absolute Gasteiger partial charge is 0.314 e. The van der Waals surface area contributed by atoms with E-state index in [-0.39, 0.29) is 6.03 Å². The average molecular weight is 396 g/mol. The lowest BCUT2D eigenvalue weighted by molar-refractivity contribution is 0.237. The highest BCUT2D eigenvalue weighted by atomic mass is 16.5. The summed E-state index contributed by atoms with van der Waals surface area (Å²) in [5, 5.41) is 6.42. The number of methoxy groups -OCH3 is 1. The fourth-order valence-electron chi connectivity index (χ4n) is 3.39. The lowest BCUT2D eigenvalue weighted by Crippen LogP contribution is -2.37.